The van der Waals surface area contributed by atoms with Gasteiger partial charge in [-0.05, 0) is 37.6 Å². The molecule has 0 aliphatic carbocycles. The highest BCUT2D eigenvalue weighted by Gasteiger charge is 2.36. The lowest BCUT2D eigenvalue weighted by molar-refractivity contribution is -0.122. The maximum atomic E-state index is 14.6. The molecule has 0 bridgehead atoms. The molecule has 2 aromatic carbocycles. The molecule has 2 aromatic heterocycles. The van der Waals surface area contributed by atoms with Crippen molar-refractivity contribution >= 4 is 50.6 Å². The second-order valence-corrected chi connectivity index (χ2v) is 9.65. The van der Waals surface area contributed by atoms with Gasteiger partial charge in [0.15, 0.2) is 5.69 Å². The molecule has 1 fully saturated rings. The number of aromatic nitrogens is 2. The van der Waals surface area contributed by atoms with Gasteiger partial charge < -0.3 is 15.0 Å². The first-order valence-electron chi connectivity index (χ1n) is 11.9. The fourth-order valence-electron chi connectivity index (χ4n) is 4.47. The molecule has 0 radical (unpaired) electrons. The molecule has 0 spiro atoms. The zero-order valence-electron chi connectivity index (χ0n) is 20.6. The van der Waals surface area contributed by atoms with Crippen molar-refractivity contribution in [2.24, 2.45) is 5.92 Å². The van der Waals surface area contributed by atoms with Gasteiger partial charge in [0.1, 0.15) is 16.5 Å². The summed E-state index contributed by atoms with van der Waals surface area (Å²) in [7, 11) is 0. The molecule has 1 unspecified atom stereocenters. The predicted octanol–water partition coefficient (Wildman–Crippen LogP) is 4.06. The number of hydrogen-bond donors (Lipinski definition) is 1. The van der Waals surface area contributed by atoms with Gasteiger partial charge in [0.2, 0.25) is 11.8 Å². The Morgan fingerprint density at radius 2 is 1.84 bits per heavy atom. The van der Waals surface area contributed by atoms with E-state index in [4.69, 9.17) is 4.74 Å². The van der Waals surface area contributed by atoms with Crippen LogP contribution in [0.5, 0.6) is 0 Å². The van der Waals surface area contributed by atoms with Crippen LogP contribution < -0.4 is 15.8 Å². The number of thiophene rings is 1. The fraction of sp³-hybridized carbons (Fsp3) is 0.222. The van der Waals surface area contributed by atoms with E-state index < -0.39 is 29.2 Å². The van der Waals surface area contributed by atoms with Gasteiger partial charge in [-0.2, -0.15) is 9.78 Å². The molecule has 1 N–H and O–H groups in total. The van der Waals surface area contributed by atoms with E-state index in [1.54, 1.807) is 11.8 Å². The Balaban J connectivity index is 1.52. The van der Waals surface area contributed by atoms with Crippen LogP contribution in [0.15, 0.2) is 58.7 Å². The van der Waals surface area contributed by atoms with Gasteiger partial charge in [-0.3, -0.25) is 14.4 Å². The summed E-state index contributed by atoms with van der Waals surface area (Å²) in [6, 6.07) is 13.0. The maximum Gasteiger partial charge on any atom is 0.359 e. The number of aryl methyl sites for hydroxylation is 1. The first-order valence-corrected chi connectivity index (χ1v) is 12.8. The Labute approximate surface area is 220 Å². The number of fused-ring (bicyclic) bond motifs is 1. The number of nitrogens with zero attached hydrogens (tertiary/aromatic N) is 3. The second kappa shape index (κ2) is 10.2. The molecule has 38 heavy (non-hydrogen) atoms. The lowest BCUT2D eigenvalue weighted by atomic mass is 10.1. The lowest BCUT2D eigenvalue weighted by Crippen LogP contribution is -2.29. The zero-order valence-corrected chi connectivity index (χ0v) is 21.4. The Morgan fingerprint density at radius 3 is 2.55 bits per heavy atom. The quantitative estimate of drug-likeness (QED) is 0.374. The summed E-state index contributed by atoms with van der Waals surface area (Å²) in [5, 5.41) is 8.76. The molecular formula is C27H23FN4O5S. The Bertz CT molecular complexity index is 1650. The SMILES string of the molecule is CCOC(=O)c1nn(-c2ccccc2F)c(=O)c2c(NC(=O)C3CC(=O)N(c4ccccc4C)C3)scc12. The average molecular weight is 535 g/mol. The van der Waals surface area contributed by atoms with Crippen LogP contribution in [-0.4, -0.2) is 40.7 Å². The van der Waals surface area contributed by atoms with Crippen molar-refractivity contribution in [2.45, 2.75) is 20.3 Å². The number of carbonyl (C=O) groups excluding carboxylic acids is 3. The van der Waals surface area contributed by atoms with Crippen molar-refractivity contribution in [2.75, 3.05) is 23.4 Å². The van der Waals surface area contributed by atoms with Crippen molar-refractivity contribution in [3.05, 3.63) is 81.3 Å². The van der Waals surface area contributed by atoms with Crippen molar-refractivity contribution in [1.29, 1.82) is 0 Å². The summed E-state index contributed by atoms with van der Waals surface area (Å²) in [5.74, 6) is -2.76. The van der Waals surface area contributed by atoms with Gasteiger partial charge in [0.25, 0.3) is 5.56 Å². The standard InChI is InChI=1S/C27H23FN4O5S/c1-3-37-27(36)23-17-14-38-25(22(17)26(35)32(30-23)20-11-7-5-9-18(20)28)29-24(34)16-12-21(33)31(13-16)19-10-6-4-8-15(19)2/h4-11,14,16H,3,12-13H2,1-2H3,(H,29,34). The van der Waals surface area contributed by atoms with Crippen molar-refractivity contribution < 1.29 is 23.5 Å². The molecule has 4 aromatic rings. The Morgan fingerprint density at radius 1 is 1.13 bits per heavy atom. The third-order valence-corrected chi connectivity index (χ3v) is 7.24. The van der Waals surface area contributed by atoms with Gasteiger partial charge >= 0.3 is 5.97 Å². The van der Waals surface area contributed by atoms with Crippen LogP contribution in [0.1, 0.15) is 29.4 Å². The van der Waals surface area contributed by atoms with E-state index in [0.29, 0.717) is 0 Å². The summed E-state index contributed by atoms with van der Waals surface area (Å²) in [4.78, 5) is 53.7. The average Bonchev–Trinajstić information content (AvgIpc) is 3.49. The molecule has 0 saturated carbocycles. The highest BCUT2D eigenvalue weighted by Crippen LogP contribution is 2.33. The molecule has 2 amide bonds. The minimum atomic E-state index is -0.784. The van der Waals surface area contributed by atoms with Gasteiger partial charge in [-0.1, -0.05) is 30.3 Å². The van der Waals surface area contributed by atoms with Crippen LogP contribution in [0.25, 0.3) is 16.5 Å². The first-order chi connectivity index (χ1) is 18.3. The van der Waals surface area contributed by atoms with E-state index in [1.807, 2.05) is 31.2 Å². The highest BCUT2D eigenvalue weighted by atomic mass is 32.1. The van der Waals surface area contributed by atoms with Gasteiger partial charge in [-0.25, -0.2) is 9.18 Å². The number of anilines is 2. The summed E-state index contributed by atoms with van der Waals surface area (Å²) < 4.78 is 20.5. The van der Waals surface area contributed by atoms with E-state index in [2.05, 4.69) is 10.4 Å². The van der Waals surface area contributed by atoms with Crippen LogP contribution >= 0.6 is 11.3 Å². The minimum Gasteiger partial charge on any atom is -0.461 e. The number of amides is 2. The van der Waals surface area contributed by atoms with E-state index in [9.17, 15) is 23.6 Å². The van der Waals surface area contributed by atoms with Crippen LogP contribution in [0.3, 0.4) is 0 Å². The normalized spacial score (nSPS) is 15.2. The summed E-state index contributed by atoms with van der Waals surface area (Å²) in [5.41, 5.74) is 0.622. The number of carbonyl (C=O) groups is 3. The molecule has 1 aliphatic heterocycles. The molecule has 194 valence electrons. The number of esters is 1. The number of para-hydroxylation sites is 2. The van der Waals surface area contributed by atoms with E-state index in [1.165, 1.54) is 29.6 Å². The smallest absolute Gasteiger partial charge is 0.359 e. The van der Waals surface area contributed by atoms with E-state index >= 15 is 0 Å². The molecule has 1 atom stereocenters. The molecule has 5 rings (SSSR count). The van der Waals surface area contributed by atoms with E-state index in [0.717, 1.165) is 27.3 Å². The molecule has 11 heteroatoms. The third kappa shape index (κ3) is 4.45. The van der Waals surface area contributed by atoms with Gasteiger partial charge in [0.05, 0.1) is 17.9 Å². The molecule has 9 nitrogen and oxygen atoms in total. The maximum absolute atomic E-state index is 14.6. The minimum absolute atomic E-state index is 0.00439. The Hall–Kier alpha value is -4.38. The summed E-state index contributed by atoms with van der Waals surface area (Å²) in [6.45, 7) is 3.78. The van der Waals surface area contributed by atoms with Crippen molar-refractivity contribution in [3.63, 3.8) is 0 Å². The second-order valence-electron chi connectivity index (χ2n) is 8.77. The van der Waals surface area contributed by atoms with Crippen LogP contribution in [0, 0.1) is 18.7 Å². The van der Waals surface area contributed by atoms with E-state index in [-0.39, 0.29) is 52.6 Å². The molecule has 1 saturated heterocycles. The highest BCUT2D eigenvalue weighted by molar-refractivity contribution is 7.16. The van der Waals surface area contributed by atoms with Crippen LogP contribution in [-0.2, 0) is 14.3 Å². The number of benzene rings is 2. The molecule has 3 heterocycles. The number of halogens is 1. The third-order valence-electron chi connectivity index (χ3n) is 6.34. The fourth-order valence-corrected chi connectivity index (χ4v) is 5.41. The van der Waals surface area contributed by atoms with Gasteiger partial charge in [0, 0.05) is 29.4 Å². The summed E-state index contributed by atoms with van der Waals surface area (Å²) in [6.07, 6.45) is 0.0125. The number of rotatable bonds is 6. The van der Waals surface area contributed by atoms with Gasteiger partial charge in [-0.15, -0.1) is 11.3 Å². The lowest BCUT2D eigenvalue weighted by Gasteiger charge is -2.18. The van der Waals surface area contributed by atoms with Crippen molar-refractivity contribution in [3.8, 4) is 5.69 Å². The van der Waals surface area contributed by atoms with Crippen LogP contribution in [0.2, 0.25) is 0 Å². The molecule has 1 aliphatic rings. The van der Waals surface area contributed by atoms with Crippen molar-refractivity contribution in [1.82, 2.24) is 9.78 Å². The number of hydrogen-bond acceptors (Lipinski definition) is 7. The first kappa shape index (κ1) is 25.3. The molecular weight excluding hydrogens is 511 g/mol. The van der Waals surface area contributed by atoms with Crippen LogP contribution in [0.4, 0.5) is 15.1 Å². The number of nitrogens with one attached hydrogen (secondary N) is 1. The Kier molecular flexibility index (Phi) is 6.77. The summed E-state index contributed by atoms with van der Waals surface area (Å²) >= 11 is 1.04. The monoisotopic (exact) mass is 534 g/mol. The largest absolute Gasteiger partial charge is 0.461 e. The zero-order chi connectivity index (χ0) is 27.0. The topological polar surface area (TPSA) is 111 Å². The number of ether oxygens (including phenoxy) is 1. The predicted molar refractivity (Wildman–Crippen MR) is 141 cm³/mol.